The summed E-state index contributed by atoms with van der Waals surface area (Å²) in [6.07, 6.45) is 1.05. The molecule has 1 aromatic carbocycles. The van der Waals surface area contributed by atoms with Gasteiger partial charge in [0.15, 0.2) is 0 Å². The molecule has 4 nitrogen and oxygen atoms in total. The highest BCUT2D eigenvalue weighted by Crippen LogP contribution is 2.04. The molecule has 4 heteroatoms. The zero-order chi connectivity index (χ0) is 14.1. The summed E-state index contributed by atoms with van der Waals surface area (Å²) in [7, 11) is 1.62. The van der Waals surface area contributed by atoms with Gasteiger partial charge in [-0.2, -0.15) is 0 Å². The van der Waals surface area contributed by atoms with Crippen LogP contribution in [0.25, 0.3) is 0 Å². The summed E-state index contributed by atoms with van der Waals surface area (Å²) in [5.74, 6) is 0.00206. The van der Waals surface area contributed by atoms with Gasteiger partial charge >= 0.3 is 0 Å². The molecule has 106 valence electrons. The number of rotatable bonds is 8. The second-order valence-corrected chi connectivity index (χ2v) is 4.56. The molecule has 0 bridgehead atoms. The molecule has 19 heavy (non-hydrogen) atoms. The zero-order valence-corrected chi connectivity index (χ0v) is 12.0. The van der Waals surface area contributed by atoms with E-state index in [0.29, 0.717) is 19.7 Å². The van der Waals surface area contributed by atoms with Crippen LogP contribution in [0.3, 0.4) is 0 Å². The Labute approximate surface area is 115 Å². The van der Waals surface area contributed by atoms with E-state index in [-0.39, 0.29) is 11.9 Å². The SMILES string of the molecule is CCc1ccc(CNC(C)C(=O)NCCOC)cc1. The van der Waals surface area contributed by atoms with Crippen molar-refractivity contribution in [2.45, 2.75) is 32.9 Å². The van der Waals surface area contributed by atoms with Crippen LogP contribution in [0.2, 0.25) is 0 Å². The van der Waals surface area contributed by atoms with Crippen LogP contribution in [0.1, 0.15) is 25.0 Å². The second kappa shape index (κ2) is 8.67. The Morgan fingerprint density at radius 2 is 1.89 bits per heavy atom. The maximum atomic E-state index is 11.7. The Hall–Kier alpha value is -1.39. The van der Waals surface area contributed by atoms with Gasteiger partial charge in [-0.1, -0.05) is 31.2 Å². The summed E-state index contributed by atoms with van der Waals surface area (Å²) in [5.41, 5.74) is 2.52. The van der Waals surface area contributed by atoms with Gasteiger partial charge in [0.05, 0.1) is 12.6 Å². The summed E-state index contributed by atoms with van der Waals surface area (Å²) in [6.45, 7) is 5.79. The molecule has 1 atom stereocenters. The van der Waals surface area contributed by atoms with Crippen molar-refractivity contribution in [1.29, 1.82) is 0 Å². The van der Waals surface area contributed by atoms with E-state index in [1.807, 2.05) is 6.92 Å². The van der Waals surface area contributed by atoms with E-state index in [9.17, 15) is 4.79 Å². The Kier molecular flexibility index (Phi) is 7.15. The molecule has 2 N–H and O–H groups in total. The summed E-state index contributed by atoms with van der Waals surface area (Å²) < 4.78 is 4.89. The predicted octanol–water partition coefficient (Wildman–Crippen LogP) is 1.49. The van der Waals surface area contributed by atoms with E-state index in [0.717, 1.165) is 6.42 Å². The fourth-order valence-corrected chi connectivity index (χ4v) is 1.69. The number of hydrogen-bond donors (Lipinski definition) is 2. The van der Waals surface area contributed by atoms with Gasteiger partial charge in [-0.3, -0.25) is 4.79 Å². The average Bonchev–Trinajstić information content (AvgIpc) is 2.45. The largest absolute Gasteiger partial charge is 0.383 e. The molecule has 1 unspecified atom stereocenters. The number of nitrogens with one attached hydrogen (secondary N) is 2. The fourth-order valence-electron chi connectivity index (χ4n) is 1.69. The maximum absolute atomic E-state index is 11.7. The molecule has 1 amide bonds. The van der Waals surface area contributed by atoms with Crippen molar-refractivity contribution in [1.82, 2.24) is 10.6 Å². The molecule has 0 aliphatic heterocycles. The van der Waals surface area contributed by atoms with Gasteiger partial charge in [0.1, 0.15) is 0 Å². The standard InChI is InChI=1S/C15H24N2O2/c1-4-13-5-7-14(8-6-13)11-17-12(2)15(18)16-9-10-19-3/h5-8,12,17H,4,9-11H2,1-3H3,(H,16,18). The molecule has 1 rings (SSSR count). The van der Waals surface area contributed by atoms with E-state index in [2.05, 4.69) is 41.8 Å². The predicted molar refractivity (Wildman–Crippen MR) is 77.0 cm³/mol. The van der Waals surface area contributed by atoms with Crippen LogP contribution < -0.4 is 10.6 Å². The lowest BCUT2D eigenvalue weighted by molar-refractivity contribution is -0.122. The van der Waals surface area contributed by atoms with E-state index in [1.165, 1.54) is 11.1 Å². The van der Waals surface area contributed by atoms with Gasteiger partial charge < -0.3 is 15.4 Å². The van der Waals surface area contributed by atoms with Crippen molar-refractivity contribution in [3.05, 3.63) is 35.4 Å². The van der Waals surface area contributed by atoms with Crippen molar-refractivity contribution >= 4 is 5.91 Å². The van der Waals surface area contributed by atoms with Crippen LogP contribution in [-0.2, 0) is 22.5 Å². The lowest BCUT2D eigenvalue weighted by atomic mass is 10.1. The van der Waals surface area contributed by atoms with Crippen LogP contribution in [0.5, 0.6) is 0 Å². The molecule has 0 aliphatic rings. The van der Waals surface area contributed by atoms with Gasteiger partial charge in [0.2, 0.25) is 5.91 Å². The minimum atomic E-state index is -0.206. The molecular formula is C15H24N2O2. The number of hydrogen-bond acceptors (Lipinski definition) is 3. The quantitative estimate of drug-likeness (QED) is 0.699. The summed E-state index contributed by atoms with van der Waals surface area (Å²) >= 11 is 0. The summed E-state index contributed by atoms with van der Waals surface area (Å²) in [5, 5.41) is 6.02. The van der Waals surface area contributed by atoms with Crippen molar-refractivity contribution in [3.63, 3.8) is 0 Å². The van der Waals surface area contributed by atoms with Gasteiger partial charge in [-0.05, 0) is 24.5 Å². The molecule has 0 radical (unpaired) electrons. The van der Waals surface area contributed by atoms with Crippen LogP contribution >= 0.6 is 0 Å². The van der Waals surface area contributed by atoms with Crippen molar-refractivity contribution < 1.29 is 9.53 Å². The number of carbonyl (C=O) groups excluding carboxylic acids is 1. The Balaban J connectivity index is 2.32. The fraction of sp³-hybridized carbons (Fsp3) is 0.533. The average molecular weight is 264 g/mol. The lowest BCUT2D eigenvalue weighted by Crippen LogP contribution is -2.42. The minimum absolute atomic E-state index is 0.00206. The van der Waals surface area contributed by atoms with E-state index in [4.69, 9.17) is 4.74 Å². The molecule has 1 aromatic rings. The normalized spacial score (nSPS) is 12.2. The molecule has 0 saturated heterocycles. The number of carbonyl (C=O) groups is 1. The summed E-state index contributed by atoms with van der Waals surface area (Å²) in [4.78, 5) is 11.7. The molecule has 0 aliphatic carbocycles. The maximum Gasteiger partial charge on any atom is 0.236 e. The first-order valence-corrected chi connectivity index (χ1v) is 6.75. The molecule has 0 saturated carbocycles. The van der Waals surface area contributed by atoms with Crippen molar-refractivity contribution in [2.75, 3.05) is 20.3 Å². The Morgan fingerprint density at radius 3 is 2.47 bits per heavy atom. The summed E-state index contributed by atoms with van der Waals surface area (Å²) in [6, 6.07) is 8.24. The topological polar surface area (TPSA) is 50.4 Å². The number of methoxy groups -OCH3 is 1. The first-order valence-electron chi connectivity index (χ1n) is 6.75. The van der Waals surface area contributed by atoms with Gasteiger partial charge in [-0.25, -0.2) is 0 Å². The highest BCUT2D eigenvalue weighted by Gasteiger charge is 2.10. The van der Waals surface area contributed by atoms with E-state index < -0.39 is 0 Å². The van der Waals surface area contributed by atoms with Crippen molar-refractivity contribution in [2.24, 2.45) is 0 Å². The lowest BCUT2D eigenvalue weighted by Gasteiger charge is -2.14. The highest BCUT2D eigenvalue weighted by atomic mass is 16.5. The second-order valence-electron chi connectivity index (χ2n) is 4.56. The molecule has 0 fully saturated rings. The van der Waals surface area contributed by atoms with Gasteiger partial charge in [0, 0.05) is 20.2 Å². The Morgan fingerprint density at radius 1 is 1.26 bits per heavy atom. The molecule has 0 aromatic heterocycles. The Bertz CT molecular complexity index is 376. The highest BCUT2D eigenvalue weighted by molar-refractivity contribution is 5.81. The van der Waals surface area contributed by atoms with Crippen LogP contribution in [0.15, 0.2) is 24.3 Å². The van der Waals surface area contributed by atoms with Gasteiger partial charge in [0.25, 0.3) is 0 Å². The van der Waals surface area contributed by atoms with E-state index >= 15 is 0 Å². The number of benzene rings is 1. The number of amides is 1. The van der Waals surface area contributed by atoms with Crippen LogP contribution in [0, 0.1) is 0 Å². The van der Waals surface area contributed by atoms with E-state index in [1.54, 1.807) is 7.11 Å². The molecule has 0 spiro atoms. The smallest absolute Gasteiger partial charge is 0.236 e. The van der Waals surface area contributed by atoms with Crippen LogP contribution in [0.4, 0.5) is 0 Å². The number of ether oxygens (including phenoxy) is 1. The first-order chi connectivity index (χ1) is 9.17. The monoisotopic (exact) mass is 264 g/mol. The third kappa shape index (κ3) is 5.85. The molecule has 0 heterocycles. The third-order valence-electron chi connectivity index (χ3n) is 3.04. The minimum Gasteiger partial charge on any atom is -0.383 e. The van der Waals surface area contributed by atoms with Crippen LogP contribution in [-0.4, -0.2) is 32.2 Å². The third-order valence-corrected chi connectivity index (χ3v) is 3.04. The van der Waals surface area contributed by atoms with Crippen molar-refractivity contribution in [3.8, 4) is 0 Å². The van der Waals surface area contributed by atoms with Gasteiger partial charge in [-0.15, -0.1) is 0 Å². The number of aryl methyl sites for hydroxylation is 1. The zero-order valence-electron chi connectivity index (χ0n) is 12.0. The first kappa shape index (κ1) is 15.7. The molecular weight excluding hydrogens is 240 g/mol.